The highest BCUT2D eigenvalue weighted by atomic mass is 16.5. The van der Waals surface area contributed by atoms with Crippen LogP contribution in [0.25, 0.3) is 0 Å². The third-order valence-electron chi connectivity index (χ3n) is 2.82. The Hall–Kier alpha value is -1.09. The summed E-state index contributed by atoms with van der Waals surface area (Å²) in [4.78, 5) is 4.37. The topological polar surface area (TPSA) is 48.1 Å². The first-order valence-corrected chi connectivity index (χ1v) is 5.62. The highest BCUT2D eigenvalue weighted by molar-refractivity contribution is 5.24. The van der Waals surface area contributed by atoms with E-state index in [1.165, 1.54) is 12.8 Å². The fourth-order valence-electron chi connectivity index (χ4n) is 2.06. The lowest BCUT2D eigenvalue weighted by Gasteiger charge is -2.13. The standard InChI is InChI=1S/C12H18N2O/c1-9-6-10(8-13)7-12(14-9)15-11-4-2-3-5-11/h6-7,11H,2-5,8,13H2,1H3. The first kappa shape index (κ1) is 10.4. The summed E-state index contributed by atoms with van der Waals surface area (Å²) < 4.78 is 5.83. The van der Waals surface area contributed by atoms with Crippen LogP contribution in [0.1, 0.15) is 36.9 Å². The van der Waals surface area contributed by atoms with Gasteiger partial charge in [0.15, 0.2) is 0 Å². The van der Waals surface area contributed by atoms with Crippen LogP contribution in [0.4, 0.5) is 0 Å². The van der Waals surface area contributed by atoms with Crippen LogP contribution < -0.4 is 10.5 Å². The third kappa shape index (κ3) is 2.69. The van der Waals surface area contributed by atoms with Crippen molar-refractivity contribution in [3.8, 4) is 5.88 Å². The molecule has 0 amide bonds. The van der Waals surface area contributed by atoms with E-state index in [1.807, 2.05) is 19.1 Å². The van der Waals surface area contributed by atoms with Crippen molar-refractivity contribution < 1.29 is 4.74 Å². The largest absolute Gasteiger partial charge is 0.474 e. The van der Waals surface area contributed by atoms with E-state index in [9.17, 15) is 0 Å². The van der Waals surface area contributed by atoms with Gasteiger partial charge >= 0.3 is 0 Å². The molecule has 0 aromatic carbocycles. The smallest absolute Gasteiger partial charge is 0.214 e. The maximum atomic E-state index is 5.83. The first-order valence-electron chi connectivity index (χ1n) is 5.62. The van der Waals surface area contributed by atoms with Gasteiger partial charge in [-0.05, 0) is 44.2 Å². The summed E-state index contributed by atoms with van der Waals surface area (Å²) in [6.07, 6.45) is 5.24. The minimum absolute atomic E-state index is 0.366. The van der Waals surface area contributed by atoms with Gasteiger partial charge in [0.05, 0.1) is 0 Å². The molecule has 0 unspecified atom stereocenters. The average Bonchev–Trinajstić information content (AvgIpc) is 2.69. The second-order valence-corrected chi connectivity index (χ2v) is 4.18. The summed E-state index contributed by atoms with van der Waals surface area (Å²) in [6, 6.07) is 3.95. The molecular weight excluding hydrogens is 188 g/mol. The van der Waals surface area contributed by atoms with Crippen molar-refractivity contribution >= 4 is 0 Å². The van der Waals surface area contributed by atoms with Crippen LogP contribution in [0.15, 0.2) is 12.1 Å². The van der Waals surface area contributed by atoms with Crippen molar-refractivity contribution in [2.24, 2.45) is 5.73 Å². The molecule has 0 bridgehead atoms. The molecule has 2 rings (SSSR count). The quantitative estimate of drug-likeness (QED) is 0.824. The third-order valence-corrected chi connectivity index (χ3v) is 2.82. The zero-order valence-corrected chi connectivity index (χ0v) is 9.20. The second kappa shape index (κ2) is 4.62. The predicted octanol–water partition coefficient (Wildman–Crippen LogP) is 2.17. The molecule has 1 aromatic rings. The van der Waals surface area contributed by atoms with E-state index < -0.39 is 0 Å². The molecule has 0 atom stereocenters. The molecule has 3 nitrogen and oxygen atoms in total. The second-order valence-electron chi connectivity index (χ2n) is 4.18. The fraction of sp³-hybridized carbons (Fsp3) is 0.583. The van der Waals surface area contributed by atoms with Gasteiger partial charge in [-0.25, -0.2) is 4.98 Å². The summed E-state index contributed by atoms with van der Waals surface area (Å²) >= 11 is 0. The number of nitrogens with two attached hydrogens (primary N) is 1. The number of aryl methyl sites for hydroxylation is 1. The number of rotatable bonds is 3. The molecule has 3 heteroatoms. The number of aromatic nitrogens is 1. The Balaban J connectivity index is 2.09. The number of nitrogens with zero attached hydrogens (tertiary/aromatic N) is 1. The zero-order valence-electron chi connectivity index (χ0n) is 9.20. The maximum Gasteiger partial charge on any atom is 0.214 e. The highest BCUT2D eigenvalue weighted by Crippen LogP contribution is 2.23. The molecule has 1 aliphatic rings. The maximum absolute atomic E-state index is 5.83. The summed E-state index contributed by atoms with van der Waals surface area (Å²) in [5.74, 6) is 0.738. The Labute approximate surface area is 90.7 Å². The predicted molar refractivity (Wildman–Crippen MR) is 59.7 cm³/mol. The summed E-state index contributed by atoms with van der Waals surface area (Å²) in [7, 11) is 0. The lowest BCUT2D eigenvalue weighted by atomic mass is 10.2. The van der Waals surface area contributed by atoms with Crippen LogP contribution in [0, 0.1) is 6.92 Å². The Bertz CT molecular complexity index is 332. The van der Waals surface area contributed by atoms with Gasteiger partial charge in [0, 0.05) is 18.3 Å². The van der Waals surface area contributed by atoms with Gasteiger partial charge in [0.25, 0.3) is 0 Å². The Kier molecular flexibility index (Phi) is 3.21. The monoisotopic (exact) mass is 206 g/mol. The van der Waals surface area contributed by atoms with Gasteiger partial charge in [-0.3, -0.25) is 0 Å². The number of ether oxygens (including phenoxy) is 1. The van der Waals surface area contributed by atoms with Gasteiger partial charge in [-0.1, -0.05) is 0 Å². The SMILES string of the molecule is Cc1cc(CN)cc(OC2CCCC2)n1. The Morgan fingerprint density at radius 1 is 1.40 bits per heavy atom. The number of hydrogen-bond acceptors (Lipinski definition) is 3. The summed E-state index contributed by atoms with van der Waals surface area (Å²) in [6.45, 7) is 2.52. The molecule has 1 heterocycles. The molecule has 1 fully saturated rings. The van der Waals surface area contributed by atoms with E-state index in [-0.39, 0.29) is 0 Å². The number of hydrogen-bond donors (Lipinski definition) is 1. The van der Waals surface area contributed by atoms with Crippen molar-refractivity contribution in [2.75, 3.05) is 0 Å². The van der Waals surface area contributed by atoms with Crippen LogP contribution >= 0.6 is 0 Å². The lowest BCUT2D eigenvalue weighted by molar-refractivity contribution is 0.201. The van der Waals surface area contributed by atoms with Crippen molar-refractivity contribution in [1.82, 2.24) is 4.98 Å². The van der Waals surface area contributed by atoms with Gasteiger partial charge < -0.3 is 10.5 Å². The van der Waals surface area contributed by atoms with Gasteiger partial charge in [-0.2, -0.15) is 0 Å². The van der Waals surface area contributed by atoms with Gasteiger partial charge in [-0.15, -0.1) is 0 Å². The van der Waals surface area contributed by atoms with E-state index in [1.54, 1.807) is 0 Å². The fourth-order valence-corrected chi connectivity index (χ4v) is 2.06. The highest BCUT2D eigenvalue weighted by Gasteiger charge is 2.17. The van der Waals surface area contributed by atoms with Crippen molar-refractivity contribution in [2.45, 2.75) is 45.3 Å². The Morgan fingerprint density at radius 3 is 2.80 bits per heavy atom. The van der Waals surface area contributed by atoms with Crippen molar-refractivity contribution in [3.05, 3.63) is 23.4 Å². The average molecular weight is 206 g/mol. The molecular formula is C12H18N2O. The number of pyridine rings is 1. The van der Waals surface area contributed by atoms with Crippen LogP contribution in [-0.4, -0.2) is 11.1 Å². The lowest BCUT2D eigenvalue weighted by Crippen LogP contribution is -2.12. The molecule has 0 saturated heterocycles. The van der Waals surface area contributed by atoms with Gasteiger partial charge in [0.1, 0.15) is 6.10 Å². The van der Waals surface area contributed by atoms with E-state index in [2.05, 4.69) is 4.98 Å². The molecule has 0 spiro atoms. The van der Waals surface area contributed by atoms with Crippen molar-refractivity contribution in [3.63, 3.8) is 0 Å². The summed E-state index contributed by atoms with van der Waals surface area (Å²) in [5.41, 5.74) is 7.68. The van der Waals surface area contributed by atoms with Gasteiger partial charge in [0.2, 0.25) is 5.88 Å². The van der Waals surface area contributed by atoms with E-state index >= 15 is 0 Å². The molecule has 2 N–H and O–H groups in total. The Morgan fingerprint density at radius 2 is 2.13 bits per heavy atom. The molecule has 0 aliphatic heterocycles. The van der Waals surface area contributed by atoms with E-state index in [0.29, 0.717) is 12.6 Å². The minimum atomic E-state index is 0.366. The van der Waals surface area contributed by atoms with E-state index in [4.69, 9.17) is 10.5 Å². The molecule has 15 heavy (non-hydrogen) atoms. The normalized spacial score (nSPS) is 16.9. The molecule has 0 radical (unpaired) electrons. The van der Waals surface area contributed by atoms with Crippen LogP contribution in [-0.2, 0) is 6.54 Å². The van der Waals surface area contributed by atoms with Crippen LogP contribution in [0.2, 0.25) is 0 Å². The molecule has 1 saturated carbocycles. The molecule has 1 aromatic heterocycles. The van der Waals surface area contributed by atoms with Crippen LogP contribution in [0.3, 0.4) is 0 Å². The summed E-state index contributed by atoms with van der Waals surface area (Å²) in [5, 5.41) is 0. The first-order chi connectivity index (χ1) is 7.28. The minimum Gasteiger partial charge on any atom is -0.474 e. The van der Waals surface area contributed by atoms with Crippen LogP contribution in [0.5, 0.6) is 5.88 Å². The van der Waals surface area contributed by atoms with E-state index in [0.717, 1.165) is 30.0 Å². The molecule has 82 valence electrons. The molecule has 1 aliphatic carbocycles. The zero-order chi connectivity index (χ0) is 10.7. The van der Waals surface area contributed by atoms with Crippen molar-refractivity contribution in [1.29, 1.82) is 0 Å².